The number of ether oxygens (including phenoxy) is 2. The first-order chi connectivity index (χ1) is 13.0. The zero-order chi connectivity index (χ0) is 19.6. The predicted molar refractivity (Wildman–Crippen MR) is 103 cm³/mol. The topological polar surface area (TPSA) is 82.5 Å². The van der Waals surface area contributed by atoms with Crippen LogP contribution < -0.4 is 14.8 Å². The highest BCUT2D eigenvalue weighted by Crippen LogP contribution is 2.32. The molecule has 7 heteroatoms. The summed E-state index contributed by atoms with van der Waals surface area (Å²) in [6.07, 6.45) is 3.14. The van der Waals surface area contributed by atoms with Gasteiger partial charge >= 0.3 is 0 Å². The Kier molecular flexibility index (Phi) is 5.12. The molecule has 0 bridgehead atoms. The van der Waals surface area contributed by atoms with E-state index in [2.05, 4.69) is 10.3 Å². The molecule has 0 unspecified atom stereocenters. The summed E-state index contributed by atoms with van der Waals surface area (Å²) in [4.78, 5) is 29.3. The molecule has 0 aliphatic carbocycles. The van der Waals surface area contributed by atoms with Crippen LogP contribution in [0.2, 0.25) is 0 Å². The molecule has 0 saturated heterocycles. The first-order valence-corrected chi connectivity index (χ1v) is 8.49. The average molecular weight is 367 g/mol. The highest BCUT2D eigenvalue weighted by molar-refractivity contribution is 6.48. The van der Waals surface area contributed by atoms with Crippen molar-refractivity contribution < 1.29 is 19.1 Å². The number of benzene rings is 1. The lowest BCUT2D eigenvalue weighted by molar-refractivity contribution is -0.112. The van der Waals surface area contributed by atoms with Crippen LogP contribution in [0.25, 0.3) is 10.9 Å². The number of carbonyl (C=O) groups excluding carboxylic acids is 2. The number of amides is 1. The minimum atomic E-state index is -0.729. The first-order valence-electron chi connectivity index (χ1n) is 8.49. The molecule has 0 spiro atoms. The summed E-state index contributed by atoms with van der Waals surface area (Å²) >= 11 is 0. The number of hydrogen-bond acceptors (Lipinski definition) is 5. The third kappa shape index (κ3) is 3.48. The molecular formula is C20H21N3O4. The fraction of sp³-hybridized carbons (Fsp3) is 0.250. The number of aromatic nitrogens is 2. The van der Waals surface area contributed by atoms with Crippen molar-refractivity contribution in [3.05, 3.63) is 48.3 Å². The van der Waals surface area contributed by atoms with E-state index in [1.807, 2.05) is 30.5 Å². The van der Waals surface area contributed by atoms with Gasteiger partial charge in [-0.2, -0.15) is 0 Å². The smallest absolute Gasteiger partial charge is 0.296 e. The minimum absolute atomic E-state index is 0.0965. The van der Waals surface area contributed by atoms with Crippen LogP contribution in [0.5, 0.6) is 11.6 Å². The van der Waals surface area contributed by atoms with E-state index in [1.54, 1.807) is 31.5 Å². The Morgan fingerprint density at radius 3 is 2.48 bits per heavy atom. The van der Waals surface area contributed by atoms with Gasteiger partial charge in [0.1, 0.15) is 5.75 Å². The number of ketones is 1. The van der Waals surface area contributed by atoms with E-state index in [0.717, 1.165) is 5.52 Å². The Labute approximate surface area is 156 Å². The third-order valence-electron chi connectivity index (χ3n) is 4.25. The molecule has 0 atom stereocenters. The molecule has 3 rings (SSSR count). The average Bonchev–Trinajstić information content (AvgIpc) is 3.08. The monoisotopic (exact) mass is 367 g/mol. The number of anilines is 1. The Morgan fingerprint density at radius 1 is 1.11 bits per heavy atom. The molecule has 2 aromatic heterocycles. The molecule has 0 aliphatic heterocycles. The Hall–Kier alpha value is -3.35. The highest BCUT2D eigenvalue weighted by atomic mass is 16.5. The molecule has 2 heterocycles. The quantitative estimate of drug-likeness (QED) is 0.533. The summed E-state index contributed by atoms with van der Waals surface area (Å²) in [6, 6.07) is 8.77. The number of fused-ring (bicyclic) bond motifs is 1. The van der Waals surface area contributed by atoms with Crippen molar-refractivity contribution in [3.8, 4) is 11.6 Å². The molecule has 1 N–H and O–H groups in total. The van der Waals surface area contributed by atoms with Crippen LogP contribution in [-0.2, 0) is 4.79 Å². The van der Waals surface area contributed by atoms with Crippen molar-refractivity contribution >= 4 is 28.3 Å². The van der Waals surface area contributed by atoms with Gasteiger partial charge in [0, 0.05) is 23.7 Å². The molecule has 7 nitrogen and oxygen atoms in total. The van der Waals surface area contributed by atoms with E-state index in [4.69, 9.17) is 9.47 Å². The van der Waals surface area contributed by atoms with E-state index in [-0.39, 0.29) is 6.04 Å². The first kappa shape index (κ1) is 18.4. The van der Waals surface area contributed by atoms with E-state index < -0.39 is 11.7 Å². The molecular weight excluding hydrogens is 346 g/mol. The van der Waals surface area contributed by atoms with Gasteiger partial charge in [-0.05, 0) is 26.0 Å². The van der Waals surface area contributed by atoms with Crippen molar-refractivity contribution in [3.63, 3.8) is 0 Å². The zero-order valence-corrected chi connectivity index (χ0v) is 15.6. The van der Waals surface area contributed by atoms with Gasteiger partial charge in [0.05, 0.1) is 37.2 Å². The molecule has 0 saturated carbocycles. The Balaban J connectivity index is 1.96. The van der Waals surface area contributed by atoms with Crippen LogP contribution in [0.3, 0.4) is 0 Å². The Morgan fingerprint density at radius 2 is 1.89 bits per heavy atom. The van der Waals surface area contributed by atoms with Crippen LogP contribution in [-0.4, -0.2) is 35.5 Å². The normalized spacial score (nSPS) is 10.9. The van der Waals surface area contributed by atoms with Crippen molar-refractivity contribution in [1.82, 2.24) is 9.55 Å². The summed E-state index contributed by atoms with van der Waals surface area (Å²) in [5.74, 6) is -0.275. The molecule has 27 heavy (non-hydrogen) atoms. The number of pyridine rings is 1. The van der Waals surface area contributed by atoms with E-state index in [9.17, 15) is 9.59 Å². The molecule has 0 aliphatic rings. The maximum Gasteiger partial charge on any atom is 0.296 e. The van der Waals surface area contributed by atoms with Gasteiger partial charge in [0.25, 0.3) is 11.7 Å². The number of methoxy groups -OCH3 is 2. The fourth-order valence-electron chi connectivity index (χ4n) is 2.92. The standard InChI is InChI=1S/C20H21N3O4/c1-12(2)23-11-15(14-6-5-7-16(26-3)18(14)23)19(24)20(25)22-13-8-9-17(27-4)21-10-13/h5-12H,1-4H3,(H,22,25). The molecule has 0 fully saturated rings. The lowest BCUT2D eigenvalue weighted by Gasteiger charge is -2.11. The number of nitrogens with zero attached hydrogens (tertiary/aromatic N) is 2. The number of para-hydroxylation sites is 1. The van der Waals surface area contributed by atoms with Crippen molar-refractivity contribution in [2.24, 2.45) is 0 Å². The molecule has 1 amide bonds. The van der Waals surface area contributed by atoms with Crippen LogP contribution in [0.15, 0.2) is 42.7 Å². The molecule has 0 radical (unpaired) electrons. The van der Waals surface area contributed by atoms with E-state index in [1.165, 1.54) is 13.3 Å². The number of carbonyl (C=O) groups is 2. The van der Waals surface area contributed by atoms with Crippen LogP contribution in [0.4, 0.5) is 5.69 Å². The second-order valence-corrected chi connectivity index (χ2v) is 6.27. The molecule has 140 valence electrons. The number of nitrogens with one attached hydrogen (secondary N) is 1. The molecule has 3 aromatic rings. The minimum Gasteiger partial charge on any atom is -0.495 e. The van der Waals surface area contributed by atoms with Gasteiger partial charge < -0.3 is 19.4 Å². The zero-order valence-electron chi connectivity index (χ0n) is 15.6. The second kappa shape index (κ2) is 7.49. The van der Waals surface area contributed by atoms with Crippen molar-refractivity contribution in [2.45, 2.75) is 19.9 Å². The number of Topliss-reactive ketones (excluding diaryl/α,β-unsaturated/α-hetero) is 1. The summed E-state index contributed by atoms with van der Waals surface area (Å²) in [5, 5.41) is 3.25. The van der Waals surface area contributed by atoms with Crippen molar-refractivity contribution in [2.75, 3.05) is 19.5 Å². The van der Waals surface area contributed by atoms with E-state index >= 15 is 0 Å². The lowest BCUT2D eigenvalue weighted by atomic mass is 10.1. The van der Waals surface area contributed by atoms with E-state index in [0.29, 0.717) is 28.3 Å². The van der Waals surface area contributed by atoms with Gasteiger partial charge in [-0.25, -0.2) is 4.98 Å². The van der Waals surface area contributed by atoms with Crippen LogP contribution in [0.1, 0.15) is 30.2 Å². The molecule has 1 aromatic carbocycles. The number of rotatable bonds is 6. The van der Waals surface area contributed by atoms with Crippen molar-refractivity contribution in [1.29, 1.82) is 0 Å². The maximum absolute atomic E-state index is 12.8. The van der Waals surface area contributed by atoms with Gasteiger partial charge in [0.15, 0.2) is 0 Å². The van der Waals surface area contributed by atoms with Gasteiger partial charge in [-0.3, -0.25) is 9.59 Å². The largest absolute Gasteiger partial charge is 0.495 e. The fourth-order valence-corrected chi connectivity index (χ4v) is 2.92. The second-order valence-electron chi connectivity index (χ2n) is 6.27. The Bertz CT molecular complexity index is 990. The maximum atomic E-state index is 12.8. The van der Waals surface area contributed by atoms with Gasteiger partial charge in [-0.1, -0.05) is 12.1 Å². The van der Waals surface area contributed by atoms with Gasteiger partial charge in [-0.15, -0.1) is 0 Å². The summed E-state index contributed by atoms with van der Waals surface area (Å²) in [5.41, 5.74) is 1.54. The summed E-state index contributed by atoms with van der Waals surface area (Å²) < 4.78 is 12.4. The van der Waals surface area contributed by atoms with Crippen LogP contribution >= 0.6 is 0 Å². The summed E-state index contributed by atoms with van der Waals surface area (Å²) in [7, 11) is 3.08. The number of hydrogen-bond donors (Lipinski definition) is 1. The van der Waals surface area contributed by atoms with Crippen LogP contribution in [0, 0.1) is 0 Å². The predicted octanol–water partition coefficient (Wildman–Crippen LogP) is 3.46. The lowest BCUT2D eigenvalue weighted by Crippen LogP contribution is -2.22. The summed E-state index contributed by atoms with van der Waals surface area (Å²) in [6.45, 7) is 4.01. The highest BCUT2D eigenvalue weighted by Gasteiger charge is 2.24. The third-order valence-corrected chi connectivity index (χ3v) is 4.25. The van der Waals surface area contributed by atoms with Gasteiger partial charge in [0.2, 0.25) is 5.88 Å². The SMILES string of the molecule is COc1ccc(NC(=O)C(=O)c2cn(C(C)C)c3c(OC)cccc23)cn1.